The Bertz CT molecular complexity index is 1370. The minimum atomic E-state index is -3.82. The van der Waals surface area contributed by atoms with E-state index in [1.54, 1.807) is 30.5 Å². The number of halogens is 1. The number of fused-ring (bicyclic) bond motifs is 1. The number of aromatic nitrogens is 3. The lowest BCUT2D eigenvalue weighted by molar-refractivity contribution is 0.0502. The van der Waals surface area contributed by atoms with E-state index < -0.39 is 21.7 Å². The fraction of sp³-hybridized carbons (Fsp3) is 0.375. The molecular weight excluding hydrogens is 567 g/mol. The van der Waals surface area contributed by atoms with Crippen molar-refractivity contribution >= 4 is 55.3 Å². The minimum absolute atomic E-state index is 0.101. The standard InChI is InChI=1S/C24H27IN4O4S/c1-15-8-10-18(11-9-15)34(31,32)29-13-19(25)20-21(26-14-27-22(20)29)16-6-5-7-17(12-16)28-23(30)33-24(2,3)4/h6,8-11,13-14,17H,5,7,12H2,1-4H3,(H,28,30). The quantitative estimate of drug-likeness (QED) is 0.425. The summed E-state index contributed by atoms with van der Waals surface area (Å²) in [4.78, 5) is 21.3. The number of carbonyl (C=O) groups excluding carboxylic acids is 1. The lowest BCUT2D eigenvalue weighted by Crippen LogP contribution is -2.39. The molecule has 180 valence electrons. The van der Waals surface area contributed by atoms with Crippen molar-refractivity contribution in [1.29, 1.82) is 0 Å². The third kappa shape index (κ3) is 5.12. The van der Waals surface area contributed by atoms with E-state index in [2.05, 4.69) is 44.0 Å². The van der Waals surface area contributed by atoms with Gasteiger partial charge in [0.15, 0.2) is 5.65 Å². The summed E-state index contributed by atoms with van der Waals surface area (Å²) in [5.74, 6) is 0. The van der Waals surface area contributed by atoms with Gasteiger partial charge in [-0.05, 0) is 87.3 Å². The molecule has 0 radical (unpaired) electrons. The highest BCUT2D eigenvalue weighted by Crippen LogP contribution is 2.34. The van der Waals surface area contributed by atoms with Crippen molar-refractivity contribution in [3.05, 3.63) is 57.7 Å². The SMILES string of the molecule is Cc1ccc(S(=O)(=O)n2cc(I)c3c(C4=CCCC(NC(=O)OC(C)(C)C)C4)ncnc32)cc1. The van der Waals surface area contributed by atoms with Gasteiger partial charge in [-0.25, -0.2) is 27.2 Å². The molecule has 8 nitrogen and oxygen atoms in total. The Labute approximate surface area is 213 Å². The van der Waals surface area contributed by atoms with E-state index in [0.717, 1.165) is 27.5 Å². The summed E-state index contributed by atoms with van der Waals surface area (Å²) in [6.07, 6.45) is 6.74. The molecule has 1 aromatic carbocycles. The molecule has 2 heterocycles. The molecule has 0 saturated carbocycles. The average molecular weight is 594 g/mol. The predicted molar refractivity (Wildman–Crippen MR) is 139 cm³/mol. The number of nitrogens with one attached hydrogen (secondary N) is 1. The number of hydrogen-bond donors (Lipinski definition) is 1. The van der Waals surface area contributed by atoms with Crippen LogP contribution in [-0.4, -0.2) is 40.1 Å². The van der Waals surface area contributed by atoms with Gasteiger partial charge < -0.3 is 10.1 Å². The summed E-state index contributed by atoms with van der Waals surface area (Å²) in [5, 5.41) is 3.63. The largest absolute Gasteiger partial charge is 0.444 e. The van der Waals surface area contributed by atoms with Crippen molar-refractivity contribution in [1.82, 2.24) is 19.3 Å². The van der Waals surface area contributed by atoms with Crippen molar-refractivity contribution in [2.75, 3.05) is 0 Å². The van der Waals surface area contributed by atoms with Crippen molar-refractivity contribution < 1.29 is 17.9 Å². The number of carbonyl (C=O) groups is 1. The minimum Gasteiger partial charge on any atom is -0.444 e. The number of benzene rings is 1. The fourth-order valence-electron chi connectivity index (χ4n) is 3.94. The Balaban J connectivity index is 1.68. The zero-order valence-electron chi connectivity index (χ0n) is 19.5. The van der Waals surface area contributed by atoms with Gasteiger partial charge in [0.25, 0.3) is 10.0 Å². The molecule has 3 aromatic rings. The number of allylic oxidation sites excluding steroid dienone is 1. The van der Waals surface area contributed by atoms with E-state index in [0.29, 0.717) is 23.1 Å². The van der Waals surface area contributed by atoms with Crippen molar-refractivity contribution in [3.8, 4) is 0 Å². The molecular formula is C24H27IN4O4S. The molecule has 1 atom stereocenters. The maximum absolute atomic E-state index is 13.4. The zero-order valence-corrected chi connectivity index (χ0v) is 22.5. The first-order valence-electron chi connectivity index (χ1n) is 11.0. The van der Waals surface area contributed by atoms with Crippen LogP contribution in [0.25, 0.3) is 16.6 Å². The molecule has 10 heteroatoms. The Morgan fingerprint density at radius 1 is 1.21 bits per heavy atom. The summed E-state index contributed by atoms with van der Waals surface area (Å²) in [7, 11) is -3.82. The lowest BCUT2D eigenvalue weighted by Gasteiger charge is -2.26. The van der Waals surface area contributed by atoms with E-state index >= 15 is 0 Å². The van der Waals surface area contributed by atoms with Crippen LogP contribution in [0.4, 0.5) is 4.79 Å². The second-order valence-corrected chi connectivity index (χ2v) is 12.3. The number of rotatable bonds is 4. The summed E-state index contributed by atoms with van der Waals surface area (Å²) in [6, 6.07) is 6.64. The second-order valence-electron chi connectivity index (χ2n) is 9.37. The molecule has 0 aliphatic heterocycles. The summed E-state index contributed by atoms with van der Waals surface area (Å²) < 4.78 is 34.1. The van der Waals surface area contributed by atoms with Gasteiger partial charge in [0, 0.05) is 15.8 Å². The molecule has 1 N–H and O–H groups in total. The van der Waals surface area contributed by atoms with Crippen molar-refractivity contribution in [2.24, 2.45) is 0 Å². The third-order valence-electron chi connectivity index (χ3n) is 5.48. The molecule has 1 aliphatic carbocycles. The maximum atomic E-state index is 13.4. The Morgan fingerprint density at radius 2 is 1.91 bits per heavy atom. The number of nitrogens with zero attached hydrogens (tertiary/aromatic N) is 3. The lowest BCUT2D eigenvalue weighted by atomic mass is 9.92. The molecule has 0 saturated heterocycles. The van der Waals surface area contributed by atoms with Crippen molar-refractivity contribution in [2.45, 2.75) is 63.5 Å². The Morgan fingerprint density at radius 3 is 2.59 bits per heavy atom. The van der Waals surface area contributed by atoms with Crippen LogP contribution in [-0.2, 0) is 14.8 Å². The van der Waals surface area contributed by atoms with E-state index in [9.17, 15) is 13.2 Å². The molecule has 2 aromatic heterocycles. The first-order valence-corrected chi connectivity index (χ1v) is 13.5. The molecule has 0 fully saturated rings. The van der Waals surface area contributed by atoms with Gasteiger partial charge in [0.05, 0.1) is 16.0 Å². The molecule has 34 heavy (non-hydrogen) atoms. The second kappa shape index (κ2) is 9.29. The Hall–Kier alpha value is -2.47. The molecule has 1 aliphatic rings. The van der Waals surface area contributed by atoms with E-state index in [1.807, 2.05) is 27.7 Å². The van der Waals surface area contributed by atoms with Crippen LogP contribution >= 0.6 is 22.6 Å². The summed E-state index contributed by atoms with van der Waals surface area (Å²) in [5.41, 5.74) is 2.37. The zero-order chi connectivity index (χ0) is 24.7. The van der Waals surface area contributed by atoms with Crippen LogP contribution in [0.2, 0.25) is 0 Å². The van der Waals surface area contributed by atoms with Crippen LogP contribution in [0, 0.1) is 10.5 Å². The van der Waals surface area contributed by atoms with Crippen LogP contribution in [0.5, 0.6) is 0 Å². The number of ether oxygens (including phenoxy) is 1. The van der Waals surface area contributed by atoms with Crippen LogP contribution in [0.1, 0.15) is 51.3 Å². The molecule has 1 amide bonds. The first-order chi connectivity index (χ1) is 16.0. The van der Waals surface area contributed by atoms with Gasteiger partial charge in [0.1, 0.15) is 11.9 Å². The van der Waals surface area contributed by atoms with E-state index in [4.69, 9.17) is 4.74 Å². The first kappa shape index (κ1) is 24.6. The van der Waals surface area contributed by atoms with Gasteiger partial charge in [-0.2, -0.15) is 0 Å². The maximum Gasteiger partial charge on any atom is 0.407 e. The highest BCUT2D eigenvalue weighted by molar-refractivity contribution is 14.1. The summed E-state index contributed by atoms with van der Waals surface area (Å²) in [6.45, 7) is 7.39. The third-order valence-corrected chi connectivity index (χ3v) is 7.96. The summed E-state index contributed by atoms with van der Waals surface area (Å²) >= 11 is 2.12. The van der Waals surface area contributed by atoms with Crippen LogP contribution in [0.3, 0.4) is 0 Å². The highest BCUT2D eigenvalue weighted by atomic mass is 127. The topological polar surface area (TPSA) is 103 Å². The van der Waals surface area contributed by atoms with Crippen LogP contribution in [0.15, 0.2) is 47.8 Å². The number of aryl methyl sites for hydroxylation is 1. The average Bonchev–Trinajstić information content (AvgIpc) is 3.10. The van der Waals surface area contributed by atoms with Crippen LogP contribution < -0.4 is 5.32 Å². The van der Waals surface area contributed by atoms with Gasteiger partial charge in [-0.3, -0.25) is 0 Å². The van der Waals surface area contributed by atoms with Gasteiger partial charge >= 0.3 is 6.09 Å². The normalized spacial score (nSPS) is 16.9. The van der Waals surface area contributed by atoms with Gasteiger partial charge in [0.2, 0.25) is 0 Å². The van der Waals surface area contributed by atoms with Gasteiger partial charge in [-0.1, -0.05) is 23.8 Å². The Kier molecular flexibility index (Phi) is 6.74. The van der Waals surface area contributed by atoms with E-state index in [1.165, 1.54) is 10.3 Å². The predicted octanol–water partition coefficient (Wildman–Crippen LogP) is 5.04. The molecule has 0 bridgehead atoms. The molecule has 0 spiro atoms. The fourth-order valence-corrected chi connectivity index (χ4v) is 6.22. The number of hydrogen-bond acceptors (Lipinski definition) is 6. The van der Waals surface area contributed by atoms with E-state index in [-0.39, 0.29) is 10.9 Å². The number of amides is 1. The van der Waals surface area contributed by atoms with Crippen molar-refractivity contribution in [3.63, 3.8) is 0 Å². The monoisotopic (exact) mass is 594 g/mol. The molecule has 4 rings (SSSR count). The number of alkyl carbamates (subject to hydrolysis) is 1. The highest BCUT2D eigenvalue weighted by Gasteiger charge is 2.27. The smallest absolute Gasteiger partial charge is 0.407 e. The van der Waals surface area contributed by atoms with Gasteiger partial charge in [-0.15, -0.1) is 0 Å². The molecule has 1 unspecified atom stereocenters.